The molecule has 0 aliphatic rings. The molecular formula is C22H19Cl3N4S. The van der Waals surface area contributed by atoms with E-state index in [1.54, 1.807) is 30.4 Å². The molecule has 0 spiro atoms. The number of aromatic nitrogens is 4. The summed E-state index contributed by atoms with van der Waals surface area (Å²) in [6.07, 6.45) is 7.37. The van der Waals surface area contributed by atoms with E-state index in [2.05, 4.69) is 43.1 Å². The molecule has 2 heterocycles. The van der Waals surface area contributed by atoms with Gasteiger partial charge in [-0.3, -0.25) is 0 Å². The van der Waals surface area contributed by atoms with Crippen LogP contribution in [0.2, 0.25) is 15.1 Å². The number of imidazole rings is 1. The number of rotatable bonds is 5. The van der Waals surface area contributed by atoms with Gasteiger partial charge in [0.25, 0.3) is 0 Å². The van der Waals surface area contributed by atoms with Crippen molar-refractivity contribution in [3.63, 3.8) is 0 Å². The minimum absolute atomic E-state index is 0.320. The van der Waals surface area contributed by atoms with Gasteiger partial charge in [-0.05, 0) is 42.0 Å². The molecule has 30 heavy (non-hydrogen) atoms. The SMILES string of the molecule is CSc1nn(-c2ccc(C(C)C)cc2)c(-c2ccc(Cl)c(Cl)c2Cl)c1-n1ccnc1. The second kappa shape index (κ2) is 8.67. The fourth-order valence-electron chi connectivity index (χ4n) is 3.29. The average molecular weight is 478 g/mol. The summed E-state index contributed by atoms with van der Waals surface area (Å²) < 4.78 is 3.84. The number of nitrogens with zero attached hydrogens (tertiary/aromatic N) is 4. The standard InChI is InChI=1S/C22H19Cl3N4S/c1-13(2)14-4-6-15(7-5-14)29-20(16-8-9-17(23)19(25)18(16)24)21(22(27-29)30-3)28-11-10-26-12-28/h4-13H,1-3H3. The van der Waals surface area contributed by atoms with Gasteiger partial charge in [0.2, 0.25) is 0 Å². The van der Waals surface area contributed by atoms with Crippen molar-refractivity contribution >= 4 is 46.6 Å². The van der Waals surface area contributed by atoms with Crippen LogP contribution in [0.1, 0.15) is 25.3 Å². The second-order valence-corrected chi connectivity index (χ2v) is 9.02. The highest BCUT2D eigenvalue weighted by Crippen LogP contribution is 2.43. The van der Waals surface area contributed by atoms with Crippen LogP contribution in [0.4, 0.5) is 0 Å². The van der Waals surface area contributed by atoms with E-state index in [0.29, 0.717) is 21.0 Å². The molecule has 4 aromatic rings. The van der Waals surface area contributed by atoms with Crippen molar-refractivity contribution < 1.29 is 0 Å². The van der Waals surface area contributed by atoms with Crippen molar-refractivity contribution in [2.75, 3.05) is 6.26 Å². The Bertz CT molecular complexity index is 1180. The molecule has 4 rings (SSSR count). The van der Waals surface area contributed by atoms with Gasteiger partial charge in [-0.1, -0.05) is 60.8 Å². The second-order valence-electron chi connectivity index (χ2n) is 7.06. The third-order valence-corrected chi connectivity index (χ3v) is 6.84. The van der Waals surface area contributed by atoms with Crippen LogP contribution in [0.3, 0.4) is 0 Å². The van der Waals surface area contributed by atoms with Crippen LogP contribution in [0, 0.1) is 0 Å². The van der Waals surface area contributed by atoms with Crippen LogP contribution >= 0.6 is 46.6 Å². The van der Waals surface area contributed by atoms with Gasteiger partial charge in [-0.15, -0.1) is 11.8 Å². The van der Waals surface area contributed by atoms with Crippen LogP contribution in [0.15, 0.2) is 60.1 Å². The highest BCUT2D eigenvalue weighted by Gasteiger charge is 2.24. The van der Waals surface area contributed by atoms with E-state index in [9.17, 15) is 0 Å². The van der Waals surface area contributed by atoms with Crippen molar-refractivity contribution in [1.82, 2.24) is 19.3 Å². The molecule has 0 unspecified atom stereocenters. The molecule has 0 atom stereocenters. The molecule has 0 saturated carbocycles. The monoisotopic (exact) mass is 476 g/mol. The lowest BCUT2D eigenvalue weighted by Crippen LogP contribution is -2.02. The first-order valence-electron chi connectivity index (χ1n) is 9.32. The zero-order chi connectivity index (χ0) is 21.4. The van der Waals surface area contributed by atoms with Gasteiger partial charge >= 0.3 is 0 Å². The van der Waals surface area contributed by atoms with Crippen molar-refractivity contribution in [2.45, 2.75) is 24.8 Å². The summed E-state index contributed by atoms with van der Waals surface area (Å²) in [5.41, 5.74) is 4.64. The van der Waals surface area contributed by atoms with E-state index >= 15 is 0 Å². The maximum Gasteiger partial charge on any atom is 0.143 e. The van der Waals surface area contributed by atoms with Gasteiger partial charge in [0, 0.05) is 18.0 Å². The quantitative estimate of drug-likeness (QED) is 0.220. The van der Waals surface area contributed by atoms with Crippen LogP contribution < -0.4 is 0 Å². The first kappa shape index (κ1) is 21.3. The van der Waals surface area contributed by atoms with Crippen molar-refractivity contribution in [2.24, 2.45) is 0 Å². The van der Waals surface area contributed by atoms with Gasteiger partial charge in [-0.2, -0.15) is 5.10 Å². The van der Waals surface area contributed by atoms with Crippen LogP contribution in [0.25, 0.3) is 22.6 Å². The molecule has 8 heteroatoms. The van der Waals surface area contributed by atoms with E-state index in [1.807, 2.05) is 27.8 Å². The van der Waals surface area contributed by atoms with Crippen molar-refractivity contribution in [3.8, 4) is 22.6 Å². The topological polar surface area (TPSA) is 35.6 Å². The third-order valence-electron chi connectivity index (χ3n) is 4.88. The van der Waals surface area contributed by atoms with E-state index in [0.717, 1.165) is 27.7 Å². The Hall–Kier alpha value is -1.92. The number of hydrogen-bond acceptors (Lipinski definition) is 3. The van der Waals surface area contributed by atoms with E-state index in [1.165, 1.54) is 5.56 Å². The molecule has 0 aliphatic carbocycles. The Morgan fingerprint density at radius 3 is 2.30 bits per heavy atom. The van der Waals surface area contributed by atoms with Crippen LogP contribution in [-0.4, -0.2) is 25.6 Å². The minimum atomic E-state index is 0.320. The Morgan fingerprint density at radius 2 is 1.70 bits per heavy atom. The predicted octanol–water partition coefficient (Wildman–Crippen LogP) is 7.53. The number of halogens is 3. The first-order chi connectivity index (χ1) is 14.4. The molecule has 0 aliphatic heterocycles. The smallest absolute Gasteiger partial charge is 0.143 e. The largest absolute Gasteiger partial charge is 0.302 e. The highest BCUT2D eigenvalue weighted by atomic mass is 35.5. The fourth-order valence-corrected chi connectivity index (χ4v) is 4.47. The Morgan fingerprint density at radius 1 is 0.967 bits per heavy atom. The molecule has 0 bridgehead atoms. The number of thioether (sulfide) groups is 1. The lowest BCUT2D eigenvalue weighted by Gasteiger charge is -2.14. The summed E-state index contributed by atoms with van der Waals surface area (Å²) in [5.74, 6) is 0.448. The summed E-state index contributed by atoms with van der Waals surface area (Å²) in [6.45, 7) is 4.35. The summed E-state index contributed by atoms with van der Waals surface area (Å²) in [6, 6.07) is 12.0. The molecule has 0 fully saturated rings. The maximum atomic E-state index is 6.66. The normalized spacial score (nSPS) is 11.4. The number of hydrogen-bond donors (Lipinski definition) is 0. The van der Waals surface area contributed by atoms with Crippen molar-refractivity contribution in [1.29, 1.82) is 0 Å². The zero-order valence-electron chi connectivity index (χ0n) is 16.6. The Kier molecular flexibility index (Phi) is 6.16. The maximum absolute atomic E-state index is 6.66. The average Bonchev–Trinajstić information content (AvgIpc) is 3.40. The molecular weight excluding hydrogens is 459 g/mol. The van der Waals surface area contributed by atoms with E-state index in [4.69, 9.17) is 39.9 Å². The van der Waals surface area contributed by atoms with Gasteiger partial charge in [-0.25, -0.2) is 9.67 Å². The Balaban J connectivity index is 2.03. The summed E-state index contributed by atoms with van der Waals surface area (Å²) >= 11 is 20.8. The van der Waals surface area contributed by atoms with Gasteiger partial charge < -0.3 is 4.57 Å². The summed E-state index contributed by atoms with van der Waals surface area (Å²) in [5, 5.41) is 6.86. The van der Waals surface area contributed by atoms with Crippen LogP contribution in [-0.2, 0) is 0 Å². The molecule has 0 radical (unpaired) electrons. The zero-order valence-corrected chi connectivity index (χ0v) is 19.7. The highest BCUT2D eigenvalue weighted by molar-refractivity contribution is 7.98. The molecule has 2 aromatic heterocycles. The van der Waals surface area contributed by atoms with Gasteiger partial charge in [0.1, 0.15) is 16.4 Å². The lowest BCUT2D eigenvalue weighted by atomic mass is 10.0. The fraction of sp³-hybridized carbons (Fsp3) is 0.182. The molecule has 2 aromatic carbocycles. The van der Waals surface area contributed by atoms with E-state index in [-0.39, 0.29) is 0 Å². The Labute approximate surface area is 194 Å². The van der Waals surface area contributed by atoms with Crippen molar-refractivity contribution in [3.05, 3.63) is 75.8 Å². The van der Waals surface area contributed by atoms with Crippen LogP contribution in [0.5, 0.6) is 0 Å². The number of benzene rings is 2. The minimum Gasteiger partial charge on any atom is -0.302 e. The molecule has 4 nitrogen and oxygen atoms in total. The molecule has 154 valence electrons. The third kappa shape index (κ3) is 3.76. The summed E-state index contributed by atoms with van der Waals surface area (Å²) in [7, 11) is 0. The van der Waals surface area contributed by atoms with E-state index < -0.39 is 0 Å². The molecule has 0 amide bonds. The van der Waals surface area contributed by atoms with Gasteiger partial charge in [0.05, 0.1) is 27.1 Å². The predicted molar refractivity (Wildman–Crippen MR) is 127 cm³/mol. The van der Waals surface area contributed by atoms with Gasteiger partial charge in [0.15, 0.2) is 0 Å². The molecule has 0 saturated heterocycles. The molecule has 0 N–H and O–H groups in total. The summed E-state index contributed by atoms with van der Waals surface area (Å²) in [4.78, 5) is 4.21. The lowest BCUT2D eigenvalue weighted by molar-refractivity contribution is 0.834. The first-order valence-corrected chi connectivity index (χ1v) is 11.7.